The number of benzene rings is 1. The Hall–Kier alpha value is -2.24. The first kappa shape index (κ1) is 18.5. The largest absolute Gasteiger partial charge is 0.379 e. The predicted molar refractivity (Wildman–Crippen MR) is 101 cm³/mol. The van der Waals surface area contributed by atoms with Crippen LogP contribution < -0.4 is 0 Å². The summed E-state index contributed by atoms with van der Waals surface area (Å²) in [6, 6.07) is 12.1. The molecule has 0 spiro atoms. The SMILES string of the molecule is Cc1cccc(CN2CCC[C@@](O)(CN(C)Cc3cccnc3)C2=O)c1. The summed E-state index contributed by atoms with van der Waals surface area (Å²) < 4.78 is 0. The second-order valence-electron chi connectivity index (χ2n) is 7.38. The van der Waals surface area contributed by atoms with Gasteiger partial charge in [0, 0.05) is 38.6 Å². The van der Waals surface area contributed by atoms with Crippen LogP contribution in [0.2, 0.25) is 0 Å². The lowest BCUT2D eigenvalue weighted by Crippen LogP contribution is -2.57. The molecule has 5 heteroatoms. The van der Waals surface area contributed by atoms with E-state index >= 15 is 0 Å². The van der Waals surface area contributed by atoms with Crippen molar-refractivity contribution < 1.29 is 9.90 Å². The Balaban J connectivity index is 1.65. The van der Waals surface area contributed by atoms with Gasteiger partial charge in [-0.25, -0.2) is 0 Å². The Morgan fingerprint density at radius 2 is 2.08 bits per heavy atom. The van der Waals surface area contributed by atoms with Gasteiger partial charge in [-0.2, -0.15) is 0 Å². The third kappa shape index (κ3) is 4.48. The Bertz CT molecular complexity index is 750. The van der Waals surface area contributed by atoms with Gasteiger partial charge in [-0.3, -0.25) is 14.7 Å². The van der Waals surface area contributed by atoms with E-state index in [0.717, 1.165) is 17.5 Å². The van der Waals surface area contributed by atoms with E-state index in [0.29, 0.717) is 32.6 Å². The quantitative estimate of drug-likeness (QED) is 0.866. The van der Waals surface area contributed by atoms with Crippen molar-refractivity contribution in [3.05, 3.63) is 65.5 Å². The van der Waals surface area contributed by atoms with Gasteiger partial charge >= 0.3 is 0 Å². The standard InChI is InChI=1S/C21H27N3O2/c1-17-6-3-7-18(12-17)15-24-11-5-9-21(26,20(24)25)16-23(2)14-19-8-4-10-22-13-19/h3-4,6-8,10,12-13,26H,5,9,11,14-16H2,1-2H3/t21-/m1/s1. The minimum Gasteiger partial charge on any atom is -0.379 e. The van der Waals surface area contributed by atoms with Crippen LogP contribution in [-0.4, -0.2) is 51.5 Å². The zero-order chi connectivity index (χ0) is 18.6. The number of hydrogen-bond acceptors (Lipinski definition) is 4. The number of rotatable bonds is 6. The average Bonchev–Trinajstić information content (AvgIpc) is 2.60. The van der Waals surface area contributed by atoms with Crippen LogP contribution in [0, 0.1) is 6.92 Å². The summed E-state index contributed by atoms with van der Waals surface area (Å²) in [7, 11) is 1.93. The van der Waals surface area contributed by atoms with E-state index in [1.165, 1.54) is 5.56 Å². The minimum atomic E-state index is -1.32. The minimum absolute atomic E-state index is 0.164. The molecule has 1 amide bonds. The lowest BCUT2D eigenvalue weighted by atomic mass is 9.90. The molecule has 3 rings (SSSR count). The van der Waals surface area contributed by atoms with Crippen molar-refractivity contribution in [1.82, 2.24) is 14.8 Å². The van der Waals surface area contributed by atoms with Gasteiger partial charge in [-0.1, -0.05) is 35.9 Å². The first-order valence-corrected chi connectivity index (χ1v) is 9.11. The lowest BCUT2D eigenvalue weighted by Gasteiger charge is -2.40. The van der Waals surface area contributed by atoms with Gasteiger partial charge in [0.25, 0.3) is 5.91 Å². The number of piperidine rings is 1. The van der Waals surface area contributed by atoms with Crippen LogP contribution in [0.15, 0.2) is 48.8 Å². The molecule has 0 unspecified atom stereocenters. The van der Waals surface area contributed by atoms with Crippen molar-refractivity contribution in [2.75, 3.05) is 20.1 Å². The molecule has 0 saturated carbocycles. The van der Waals surface area contributed by atoms with Gasteiger partial charge < -0.3 is 10.0 Å². The van der Waals surface area contributed by atoms with Crippen molar-refractivity contribution in [3.8, 4) is 0 Å². The highest BCUT2D eigenvalue weighted by molar-refractivity contribution is 5.86. The number of aliphatic hydroxyl groups is 1. The van der Waals surface area contributed by atoms with E-state index in [9.17, 15) is 9.90 Å². The molecule has 1 aromatic carbocycles. The number of aryl methyl sites for hydroxylation is 1. The fourth-order valence-electron chi connectivity index (χ4n) is 3.70. The van der Waals surface area contributed by atoms with E-state index < -0.39 is 5.60 Å². The van der Waals surface area contributed by atoms with Gasteiger partial charge in [0.1, 0.15) is 0 Å². The number of carbonyl (C=O) groups excluding carboxylic acids is 1. The third-order valence-corrected chi connectivity index (χ3v) is 4.87. The smallest absolute Gasteiger partial charge is 0.256 e. The Morgan fingerprint density at radius 3 is 2.81 bits per heavy atom. The summed E-state index contributed by atoms with van der Waals surface area (Å²) in [4.78, 5) is 20.9. The highest BCUT2D eigenvalue weighted by Gasteiger charge is 2.42. The normalized spacial score (nSPS) is 20.6. The number of pyridine rings is 1. The molecule has 1 N–H and O–H groups in total. The molecular formula is C21H27N3O2. The van der Waals surface area contributed by atoms with Gasteiger partial charge in [0.05, 0.1) is 0 Å². The first-order valence-electron chi connectivity index (χ1n) is 9.11. The summed E-state index contributed by atoms with van der Waals surface area (Å²) in [5.41, 5.74) is 2.03. The molecule has 0 bridgehead atoms. The molecule has 1 atom stereocenters. The molecule has 0 radical (unpaired) electrons. The number of likely N-dealkylation sites (tertiary alicyclic amines) is 1. The van der Waals surface area contributed by atoms with Crippen LogP contribution in [0.4, 0.5) is 0 Å². The van der Waals surface area contributed by atoms with E-state index in [4.69, 9.17) is 0 Å². The fraction of sp³-hybridized carbons (Fsp3) is 0.429. The number of aromatic nitrogens is 1. The van der Waals surface area contributed by atoms with Crippen LogP contribution >= 0.6 is 0 Å². The van der Waals surface area contributed by atoms with Crippen molar-refractivity contribution in [1.29, 1.82) is 0 Å². The molecule has 2 aromatic rings. The molecule has 1 fully saturated rings. The lowest BCUT2D eigenvalue weighted by molar-refractivity contribution is -0.160. The number of amides is 1. The maximum Gasteiger partial charge on any atom is 0.256 e. The van der Waals surface area contributed by atoms with Gasteiger partial charge in [0.2, 0.25) is 0 Å². The summed E-state index contributed by atoms with van der Waals surface area (Å²) in [5, 5.41) is 11.0. The zero-order valence-corrected chi connectivity index (χ0v) is 15.6. The van der Waals surface area contributed by atoms with E-state index in [1.807, 2.05) is 55.4 Å². The highest BCUT2D eigenvalue weighted by Crippen LogP contribution is 2.25. The number of hydrogen-bond donors (Lipinski definition) is 1. The monoisotopic (exact) mass is 353 g/mol. The molecule has 0 aliphatic carbocycles. The molecule has 1 aliphatic rings. The van der Waals surface area contributed by atoms with E-state index in [-0.39, 0.29) is 5.91 Å². The predicted octanol–water partition coefficient (Wildman–Crippen LogP) is 2.38. The van der Waals surface area contributed by atoms with Gasteiger partial charge in [-0.05, 0) is 44.0 Å². The second kappa shape index (κ2) is 7.98. The number of carbonyl (C=O) groups is 1. The number of likely N-dealkylation sites (N-methyl/N-ethyl adjacent to an activating group) is 1. The van der Waals surface area contributed by atoms with Gasteiger partial charge in [0.15, 0.2) is 5.60 Å². The summed E-state index contributed by atoms with van der Waals surface area (Å²) in [5.74, 6) is -0.164. The first-order chi connectivity index (χ1) is 12.5. The van der Waals surface area contributed by atoms with Crippen molar-refractivity contribution in [3.63, 3.8) is 0 Å². The zero-order valence-electron chi connectivity index (χ0n) is 15.6. The molecule has 1 aliphatic heterocycles. The molecule has 1 aromatic heterocycles. The van der Waals surface area contributed by atoms with E-state index in [1.54, 1.807) is 11.1 Å². The molecule has 1 saturated heterocycles. The molecule has 2 heterocycles. The summed E-state index contributed by atoms with van der Waals surface area (Å²) >= 11 is 0. The average molecular weight is 353 g/mol. The topological polar surface area (TPSA) is 56.7 Å². The van der Waals surface area contributed by atoms with Crippen LogP contribution in [0.5, 0.6) is 0 Å². The van der Waals surface area contributed by atoms with Crippen LogP contribution in [0.1, 0.15) is 29.5 Å². The van der Waals surface area contributed by atoms with Crippen molar-refractivity contribution >= 4 is 5.91 Å². The van der Waals surface area contributed by atoms with Crippen molar-refractivity contribution in [2.24, 2.45) is 0 Å². The summed E-state index contributed by atoms with van der Waals surface area (Å²) in [6.45, 7) is 4.27. The molecule has 138 valence electrons. The van der Waals surface area contributed by atoms with Crippen LogP contribution in [-0.2, 0) is 17.9 Å². The van der Waals surface area contributed by atoms with Gasteiger partial charge in [-0.15, -0.1) is 0 Å². The third-order valence-electron chi connectivity index (χ3n) is 4.87. The Labute approximate surface area is 155 Å². The maximum atomic E-state index is 13.0. The summed E-state index contributed by atoms with van der Waals surface area (Å²) in [6.07, 6.45) is 4.88. The highest BCUT2D eigenvalue weighted by atomic mass is 16.3. The molecular weight excluding hydrogens is 326 g/mol. The fourth-order valence-corrected chi connectivity index (χ4v) is 3.70. The van der Waals surface area contributed by atoms with Crippen LogP contribution in [0.25, 0.3) is 0 Å². The Morgan fingerprint density at radius 1 is 1.27 bits per heavy atom. The second-order valence-corrected chi connectivity index (χ2v) is 7.38. The van der Waals surface area contributed by atoms with Crippen molar-refractivity contribution in [2.45, 2.75) is 38.5 Å². The number of nitrogens with zero attached hydrogens (tertiary/aromatic N) is 3. The molecule has 26 heavy (non-hydrogen) atoms. The van der Waals surface area contributed by atoms with E-state index in [2.05, 4.69) is 11.1 Å². The maximum absolute atomic E-state index is 13.0. The Kier molecular flexibility index (Phi) is 5.69. The molecule has 5 nitrogen and oxygen atoms in total. The van der Waals surface area contributed by atoms with Crippen LogP contribution in [0.3, 0.4) is 0 Å².